The van der Waals surface area contributed by atoms with Crippen LogP contribution in [0.2, 0.25) is 10.0 Å². The maximum Gasteiger partial charge on any atom is 0.416 e. The first-order valence-corrected chi connectivity index (χ1v) is 8.62. The normalized spacial score (nSPS) is 12.1. The Bertz CT molecular complexity index is 1050. The molecule has 142 valence electrons. The van der Waals surface area contributed by atoms with Gasteiger partial charge in [-0.1, -0.05) is 35.3 Å². The fourth-order valence-corrected chi connectivity index (χ4v) is 3.09. The number of rotatable bonds is 4. The fourth-order valence-electron chi connectivity index (χ4n) is 2.71. The first-order chi connectivity index (χ1) is 12.6. The molecule has 0 bridgehead atoms. The Morgan fingerprint density at radius 2 is 1.89 bits per heavy atom. The lowest BCUT2D eigenvalue weighted by atomic mass is 10.1. The molecule has 1 aromatic heterocycles. The van der Waals surface area contributed by atoms with E-state index in [0.717, 1.165) is 23.8 Å². The topological polar surface area (TPSA) is 49.0 Å². The Hall–Kier alpha value is -2.09. The van der Waals surface area contributed by atoms with Gasteiger partial charge in [-0.3, -0.25) is 9.69 Å². The van der Waals surface area contributed by atoms with E-state index < -0.39 is 17.3 Å². The van der Waals surface area contributed by atoms with E-state index in [-0.39, 0.29) is 23.3 Å². The standard InChI is InChI=1S/C18H14Cl2F3N3O/c1-26(8-10-3-2-4-13(19)16(10)20)9-15-24-14-7-11(18(21,22)23)5-6-12(14)17(27)25-15/h2-7H,8-9H2,1H3,(H,24,25,27). The van der Waals surface area contributed by atoms with Gasteiger partial charge in [0.25, 0.3) is 5.56 Å². The zero-order valence-electron chi connectivity index (χ0n) is 14.1. The maximum atomic E-state index is 12.9. The minimum Gasteiger partial charge on any atom is -0.309 e. The minimum absolute atomic E-state index is 0.00207. The summed E-state index contributed by atoms with van der Waals surface area (Å²) in [5.41, 5.74) is -0.553. The van der Waals surface area contributed by atoms with Crippen molar-refractivity contribution in [3.8, 4) is 0 Å². The summed E-state index contributed by atoms with van der Waals surface area (Å²) in [6, 6.07) is 8.13. The number of nitrogens with one attached hydrogen (secondary N) is 1. The molecule has 0 radical (unpaired) electrons. The van der Waals surface area contributed by atoms with Crippen molar-refractivity contribution in [3.05, 3.63) is 73.7 Å². The van der Waals surface area contributed by atoms with Gasteiger partial charge in [-0.15, -0.1) is 0 Å². The number of nitrogens with zero attached hydrogens (tertiary/aromatic N) is 2. The molecule has 9 heteroatoms. The molecule has 1 N–H and O–H groups in total. The van der Waals surface area contributed by atoms with E-state index >= 15 is 0 Å². The molecule has 27 heavy (non-hydrogen) atoms. The predicted octanol–water partition coefficient (Wildman–Crippen LogP) is 4.88. The highest BCUT2D eigenvalue weighted by Gasteiger charge is 2.30. The summed E-state index contributed by atoms with van der Waals surface area (Å²) in [4.78, 5) is 20.8. The van der Waals surface area contributed by atoms with Gasteiger partial charge in [0.1, 0.15) is 5.82 Å². The summed E-state index contributed by atoms with van der Waals surface area (Å²) in [5, 5.41) is 0.965. The van der Waals surface area contributed by atoms with E-state index in [4.69, 9.17) is 23.2 Å². The quantitative estimate of drug-likeness (QED) is 0.660. The molecule has 0 aliphatic heterocycles. The van der Waals surface area contributed by atoms with Crippen LogP contribution in [0.25, 0.3) is 10.9 Å². The maximum absolute atomic E-state index is 12.9. The van der Waals surface area contributed by atoms with E-state index in [1.807, 2.05) is 11.0 Å². The van der Waals surface area contributed by atoms with Gasteiger partial charge in [0.2, 0.25) is 0 Å². The van der Waals surface area contributed by atoms with E-state index in [0.29, 0.717) is 16.6 Å². The molecule has 0 unspecified atom stereocenters. The monoisotopic (exact) mass is 415 g/mol. The van der Waals surface area contributed by atoms with Crippen molar-refractivity contribution >= 4 is 34.1 Å². The smallest absolute Gasteiger partial charge is 0.309 e. The minimum atomic E-state index is -4.50. The molecule has 4 nitrogen and oxygen atoms in total. The van der Waals surface area contributed by atoms with Gasteiger partial charge in [0.05, 0.1) is 33.1 Å². The Morgan fingerprint density at radius 3 is 2.59 bits per heavy atom. The van der Waals surface area contributed by atoms with Gasteiger partial charge in [0, 0.05) is 6.54 Å². The zero-order valence-corrected chi connectivity index (χ0v) is 15.6. The van der Waals surface area contributed by atoms with Crippen molar-refractivity contribution in [1.82, 2.24) is 14.9 Å². The molecule has 0 fully saturated rings. The first-order valence-electron chi connectivity index (χ1n) is 7.87. The number of aromatic nitrogens is 2. The lowest BCUT2D eigenvalue weighted by molar-refractivity contribution is -0.137. The highest BCUT2D eigenvalue weighted by molar-refractivity contribution is 6.42. The van der Waals surface area contributed by atoms with Gasteiger partial charge < -0.3 is 4.98 Å². The van der Waals surface area contributed by atoms with Crippen LogP contribution < -0.4 is 5.56 Å². The van der Waals surface area contributed by atoms with Crippen molar-refractivity contribution in [2.45, 2.75) is 19.3 Å². The molecular formula is C18H14Cl2F3N3O. The highest BCUT2D eigenvalue weighted by atomic mass is 35.5. The highest BCUT2D eigenvalue weighted by Crippen LogP contribution is 2.30. The molecule has 0 saturated heterocycles. The molecule has 3 rings (SSSR count). The number of alkyl halides is 3. The second kappa shape index (κ2) is 7.50. The largest absolute Gasteiger partial charge is 0.416 e. The van der Waals surface area contributed by atoms with E-state index in [2.05, 4.69) is 9.97 Å². The van der Waals surface area contributed by atoms with E-state index in [1.165, 1.54) is 0 Å². The summed E-state index contributed by atoms with van der Waals surface area (Å²) < 4.78 is 38.7. The number of aromatic amines is 1. The van der Waals surface area contributed by atoms with E-state index in [9.17, 15) is 18.0 Å². The first kappa shape index (κ1) is 19.7. The summed E-state index contributed by atoms with van der Waals surface area (Å²) in [6.45, 7) is 0.633. The third-order valence-electron chi connectivity index (χ3n) is 3.97. The lowest BCUT2D eigenvalue weighted by Crippen LogP contribution is -2.22. The van der Waals surface area contributed by atoms with Crippen LogP contribution in [0.1, 0.15) is 17.0 Å². The van der Waals surface area contributed by atoms with Gasteiger partial charge in [-0.25, -0.2) is 4.98 Å². The van der Waals surface area contributed by atoms with Crippen LogP contribution in [0.4, 0.5) is 13.2 Å². The van der Waals surface area contributed by atoms with Crippen LogP contribution >= 0.6 is 23.2 Å². The Kier molecular flexibility index (Phi) is 5.46. The molecule has 0 amide bonds. The summed E-state index contributed by atoms with van der Waals surface area (Å²) in [5.74, 6) is 0.257. The number of benzene rings is 2. The molecular weight excluding hydrogens is 402 g/mol. The number of halogens is 5. The van der Waals surface area contributed by atoms with Crippen molar-refractivity contribution in [2.24, 2.45) is 0 Å². The second-order valence-corrected chi connectivity index (χ2v) is 6.91. The summed E-state index contributed by atoms with van der Waals surface area (Å²) in [6.07, 6.45) is -4.50. The molecule has 2 aromatic carbocycles. The van der Waals surface area contributed by atoms with E-state index in [1.54, 1.807) is 19.2 Å². The van der Waals surface area contributed by atoms with Crippen molar-refractivity contribution in [1.29, 1.82) is 0 Å². The number of hydrogen-bond donors (Lipinski definition) is 1. The SMILES string of the molecule is CN(Cc1nc2cc(C(F)(F)F)ccc2c(=O)[nH]1)Cc1cccc(Cl)c1Cl. The average Bonchev–Trinajstić information content (AvgIpc) is 2.57. The molecule has 0 aliphatic carbocycles. The number of fused-ring (bicyclic) bond motifs is 1. The van der Waals surface area contributed by atoms with Crippen molar-refractivity contribution in [2.75, 3.05) is 7.05 Å². The average molecular weight is 416 g/mol. The van der Waals surface area contributed by atoms with Crippen LogP contribution in [0.3, 0.4) is 0 Å². The van der Waals surface area contributed by atoms with Gasteiger partial charge >= 0.3 is 6.18 Å². The number of hydrogen-bond acceptors (Lipinski definition) is 3. The third kappa shape index (κ3) is 4.43. The van der Waals surface area contributed by atoms with Crippen LogP contribution in [0, 0.1) is 0 Å². The van der Waals surface area contributed by atoms with Crippen LogP contribution in [-0.4, -0.2) is 21.9 Å². The molecule has 1 heterocycles. The third-order valence-corrected chi connectivity index (χ3v) is 4.83. The fraction of sp³-hybridized carbons (Fsp3) is 0.222. The molecule has 0 aliphatic rings. The molecule has 0 saturated carbocycles. The summed E-state index contributed by atoms with van der Waals surface area (Å²) in [7, 11) is 1.77. The number of H-pyrrole nitrogens is 1. The summed E-state index contributed by atoms with van der Waals surface area (Å²) >= 11 is 12.2. The van der Waals surface area contributed by atoms with Gasteiger partial charge in [0.15, 0.2) is 0 Å². The van der Waals surface area contributed by atoms with Crippen molar-refractivity contribution in [3.63, 3.8) is 0 Å². The van der Waals surface area contributed by atoms with Gasteiger partial charge in [-0.05, 0) is 36.9 Å². The Balaban J connectivity index is 1.88. The molecule has 0 spiro atoms. The molecule has 0 atom stereocenters. The molecule has 3 aromatic rings. The van der Waals surface area contributed by atoms with Crippen LogP contribution in [-0.2, 0) is 19.3 Å². The lowest BCUT2D eigenvalue weighted by Gasteiger charge is -2.17. The van der Waals surface area contributed by atoms with Crippen LogP contribution in [0.5, 0.6) is 0 Å². The Labute approximate surface area is 162 Å². The van der Waals surface area contributed by atoms with Gasteiger partial charge in [-0.2, -0.15) is 13.2 Å². The predicted molar refractivity (Wildman–Crippen MR) is 99.0 cm³/mol. The second-order valence-electron chi connectivity index (χ2n) is 6.13. The zero-order chi connectivity index (χ0) is 19.8. The van der Waals surface area contributed by atoms with Crippen LogP contribution in [0.15, 0.2) is 41.2 Å². The Morgan fingerprint density at radius 1 is 1.15 bits per heavy atom. The van der Waals surface area contributed by atoms with Crippen molar-refractivity contribution < 1.29 is 13.2 Å².